The largest absolute Gasteiger partial charge is 0.481 e. The Hall–Kier alpha value is -1.56. The van der Waals surface area contributed by atoms with Crippen LogP contribution in [0.25, 0.3) is 0 Å². The van der Waals surface area contributed by atoms with Crippen LogP contribution in [0.4, 0.5) is 13.2 Å². The van der Waals surface area contributed by atoms with E-state index in [0.717, 1.165) is 11.1 Å². The van der Waals surface area contributed by atoms with Crippen LogP contribution in [0.2, 0.25) is 0 Å². The first-order valence-corrected chi connectivity index (χ1v) is 5.82. The van der Waals surface area contributed by atoms with Gasteiger partial charge in [-0.25, -0.2) is 0 Å². The summed E-state index contributed by atoms with van der Waals surface area (Å²) in [6.07, 6.45) is -4.75. The molecule has 0 aromatic heterocycles. The van der Waals surface area contributed by atoms with Crippen LogP contribution in [0.5, 0.6) is 0 Å². The smallest absolute Gasteiger partial charge is 0.403 e. The molecule has 2 N–H and O–H groups in total. The number of carboxylic acid groups (broad SMARTS) is 1. The monoisotopic (exact) mass is 275 g/mol. The van der Waals surface area contributed by atoms with Gasteiger partial charge in [0.15, 0.2) is 5.92 Å². The van der Waals surface area contributed by atoms with Crippen molar-refractivity contribution >= 4 is 5.97 Å². The summed E-state index contributed by atoms with van der Waals surface area (Å²) >= 11 is 0. The molecule has 106 valence electrons. The number of hydrogen-bond acceptors (Lipinski definition) is 2. The highest BCUT2D eigenvalue weighted by Crippen LogP contribution is 2.27. The number of nitrogens with one attached hydrogen (secondary N) is 1. The van der Waals surface area contributed by atoms with Crippen LogP contribution in [-0.2, 0) is 4.79 Å². The molecule has 0 spiro atoms. The fourth-order valence-corrected chi connectivity index (χ4v) is 1.82. The first-order chi connectivity index (χ1) is 8.73. The fourth-order valence-electron chi connectivity index (χ4n) is 1.82. The van der Waals surface area contributed by atoms with Crippen molar-refractivity contribution in [2.75, 3.05) is 6.54 Å². The van der Waals surface area contributed by atoms with Crippen molar-refractivity contribution in [3.63, 3.8) is 0 Å². The van der Waals surface area contributed by atoms with Gasteiger partial charge in [0.1, 0.15) is 0 Å². The molecule has 1 unspecified atom stereocenters. The number of aliphatic carboxylic acids is 1. The van der Waals surface area contributed by atoms with Crippen molar-refractivity contribution in [1.29, 1.82) is 0 Å². The van der Waals surface area contributed by atoms with Gasteiger partial charge in [0.25, 0.3) is 0 Å². The van der Waals surface area contributed by atoms with E-state index in [9.17, 15) is 18.0 Å². The number of carboxylic acids is 1. The summed E-state index contributed by atoms with van der Waals surface area (Å²) in [5, 5.41) is 11.2. The summed E-state index contributed by atoms with van der Waals surface area (Å²) in [5.74, 6) is -4.25. The van der Waals surface area contributed by atoms with Crippen molar-refractivity contribution in [1.82, 2.24) is 5.32 Å². The molecular formula is C13H16F3NO2. The highest BCUT2D eigenvalue weighted by Gasteiger charge is 2.44. The lowest BCUT2D eigenvalue weighted by Gasteiger charge is -2.21. The lowest BCUT2D eigenvalue weighted by Crippen LogP contribution is -2.39. The maximum atomic E-state index is 12.5. The number of rotatable bonds is 5. The summed E-state index contributed by atoms with van der Waals surface area (Å²) in [5.41, 5.74) is 1.80. The average molecular weight is 275 g/mol. The summed E-state index contributed by atoms with van der Waals surface area (Å²) < 4.78 is 37.4. The van der Waals surface area contributed by atoms with Crippen LogP contribution < -0.4 is 5.32 Å². The van der Waals surface area contributed by atoms with Crippen molar-refractivity contribution in [2.24, 2.45) is 5.92 Å². The fraction of sp³-hybridized carbons (Fsp3) is 0.462. The van der Waals surface area contributed by atoms with E-state index in [1.807, 2.05) is 19.1 Å². The predicted octanol–water partition coefficient (Wildman–Crippen LogP) is 2.91. The molecule has 0 amide bonds. The van der Waals surface area contributed by atoms with Gasteiger partial charge in [0.2, 0.25) is 0 Å². The zero-order valence-electron chi connectivity index (χ0n) is 10.7. The lowest BCUT2D eigenvalue weighted by molar-refractivity contribution is -0.192. The number of hydrogen-bond donors (Lipinski definition) is 2. The van der Waals surface area contributed by atoms with Crippen LogP contribution >= 0.6 is 0 Å². The Balaban J connectivity index is 2.70. The van der Waals surface area contributed by atoms with Crippen LogP contribution in [0.15, 0.2) is 24.3 Å². The first kappa shape index (κ1) is 15.5. The molecule has 6 heteroatoms. The van der Waals surface area contributed by atoms with Crippen molar-refractivity contribution in [2.45, 2.75) is 26.1 Å². The van der Waals surface area contributed by atoms with Gasteiger partial charge in [-0.2, -0.15) is 13.2 Å². The summed E-state index contributed by atoms with van der Waals surface area (Å²) in [6.45, 7) is 2.91. The van der Waals surface area contributed by atoms with Gasteiger partial charge in [-0.3, -0.25) is 4.79 Å². The summed E-state index contributed by atoms with van der Waals surface area (Å²) in [4.78, 5) is 10.6. The molecule has 19 heavy (non-hydrogen) atoms. The van der Waals surface area contributed by atoms with Gasteiger partial charge in [0.05, 0.1) is 0 Å². The Labute approximate surface area is 109 Å². The van der Waals surface area contributed by atoms with Crippen LogP contribution in [0.1, 0.15) is 24.1 Å². The second-order valence-electron chi connectivity index (χ2n) is 4.42. The van der Waals surface area contributed by atoms with Crippen LogP contribution in [-0.4, -0.2) is 23.8 Å². The van der Waals surface area contributed by atoms with E-state index in [2.05, 4.69) is 5.32 Å². The Morgan fingerprint density at radius 1 is 1.37 bits per heavy atom. The maximum absolute atomic E-state index is 12.5. The third kappa shape index (κ3) is 4.24. The van der Waals surface area contributed by atoms with Gasteiger partial charge >= 0.3 is 12.1 Å². The molecule has 3 nitrogen and oxygen atoms in total. The summed E-state index contributed by atoms with van der Waals surface area (Å²) in [7, 11) is 0. The molecule has 0 radical (unpaired) electrons. The van der Waals surface area contributed by atoms with E-state index >= 15 is 0 Å². The van der Waals surface area contributed by atoms with Gasteiger partial charge in [-0.15, -0.1) is 0 Å². The van der Waals surface area contributed by atoms with E-state index in [4.69, 9.17) is 5.11 Å². The minimum atomic E-state index is -4.75. The molecule has 0 heterocycles. The highest BCUT2D eigenvalue weighted by molar-refractivity contribution is 5.71. The number of carbonyl (C=O) groups is 1. The molecule has 1 rings (SSSR count). The van der Waals surface area contributed by atoms with Gasteiger partial charge in [0, 0.05) is 12.6 Å². The average Bonchev–Trinajstić information content (AvgIpc) is 2.27. The van der Waals surface area contributed by atoms with Crippen LogP contribution in [0.3, 0.4) is 0 Å². The second-order valence-corrected chi connectivity index (χ2v) is 4.42. The Morgan fingerprint density at radius 2 is 1.95 bits per heavy atom. The minimum Gasteiger partial charge on any atom is -0.481 e. The third-order valence-electron chi connectivity index (χ3n) is 2.98. The third-order valence-corrected chi connectivity index (χ3v) is 2.98. The van der Waals surface area contributed by atoms with Crippen LogP contribution in [0, 0.1) is 12.8 Å². The Bertz CT molecular complexity index is 446. The van der Waals surface area contributed by atoms with Gasteiger partial charge in [-0.1, -0.05) is 24.3 Å². The minimum absolute atomic E-state index is 0.342. The van der Waals surface area contributed by atoms with Crippen molar-refractivity contribution in [3.05, 3.63) is 35.4 Å². The van der Waals surface area contributed by atoms with E-state index in [0.29, 0.717) is 0 Å². The lowest BCUT2D eigenvalue weighted by atomic mass is 10.0. The standard InChI is InChI=1S/C13H16F3NO2/c1-8-5-3-4-6-10(8)9(2)17-7-11(12(18)19)13(14,15)16/h3-6,9,11,17H,7H2,1-2H3,(H,18,19)/t9-,11?/m0/s1. The van der Waals surface area contributed by atoms with E-state index in [1.165, 1.54) is 0 Å². The molecular weight excluding hydrogens is 259 g/mol. The molecule has 1 aromatic carbocycles. The highest BCUT2D eigenvalue weighted by atomic mass is 19.4. The molecule has 2 atom stereocenters. The van der Waals surface area contributed by atoms with Crippen molar-refractivity contribution < 1.29 is 23.1 Å². The molecule has 0 saturated carbocycles. The van der Waals surface area contributed by atoms with Crippen molar-refractivity contribution in [3.8, 4) is 0 Å². The normalized spacial score (nSPS) is 15.0. The van der Waals surface area contributed by atoms with E-state index in [-0.39, 0.29) is 6.04 Å². The van der Waals surface area contributed by atoms with E-state index in [1.54, 1.807) is 19.1 Å². The quantitative estimate of drug-likeness (QED) is 0.868. The number of alkyl halides is 3. The molecule has 1 aromatic rings. The van der Waals surface area contributed by atoms with Gasteiger partial charge in [-0.05, 0) is 25.0 Å². The topological polar surface area (TPSA) is 49.3 Å². The Kier molecular flexibility index (Phi) is 4.94. The Morgan fingerprint density at radius 3 is 2.42 bits per heavy atom. The zero-order chi connectivity index (χ0) is 14.6. The van der Waals surface area contributed by atoms with Gasteiger partial charge < -0.3 is 10.4 Å². The SMILES string of the molecule is Cc1ccccc1[C@H](C)NCC(C(=O)O)C(F)(F)F. The molecule has 0 bridgehead atoms. The molecule has 0 aliphatic carbocycles. The molecule has 0 aliphatic rings. The number of halogens is 3. The molecule has 0 saturated heterocycles. The first-order valence-electron chi connectivity index (χ1n) is 5.82. The number of aryl methyl sites for hydroxylation is 1. The second kappa shape index (κ2) is 6.06. The van der Waals surface area contributed by atoms with E-state index < -0.39 is 24.6 Å². The summed E-state index contributed by atoms with van der Waals surface area (Å²) in [6, 6.07) is 6.94. The number of benzene rings is 1. The predicted molar refractivity (Wildman–Crippen MR) is 64.8 cm³/mol. The molecule has 0 aliphatic heterocycles. The zero-order valence-corrected chi connectivity index (χ0v) is 10.7. The molecule has 0 fully saturated rings. The maximum Gasteiger partial charge on any atom is 0.403 e.